The zero-order chi connectivity index (χ0) is 9.84. The summed E-state index contributed by atoms with van der Waals surface area (Å²) in [6, 6.07) is 0. The zero-order valence-corrected chi connectivity index (χ0v) is 20.8. The molecule has 1 rings (SSSR count). The number of aryl methyl sites for hydroxylation is 1. The fraction of sp³-hybridized carbons (Fsp3) is 0.700. The second-order valence-electron chi connectivity index (χ2n) is 3.29. The Labute approximate surface area is 154 Å². The summed E-state index contributed by atoms with van der Waals surface area (Å²) in [5.41, 5.74) is 2.59. The number of hydrogen-bond acceptors (Lipinski definition) is 2. The van der Waals surface area contributed by atoms with Gasteiger partial charge in [0.25, 0.3) is 0 Å². The third-order valence-corrected chi connectivity index (χ3v) is 3.12. The van der Waals surface area contributed by atoms with Crippen molar-refractivity contribution in [3.8, 4) is 0 Å². The molecule has 0 amide bonds. The van der Waals surface area contributed by atoms with E-state index in [2.05, 4.69) is 36.7 Å². The number of aromatic nitrogens is 2. The van der Waals surface area contributed by atoms with Gasteiger partial charge in [-0.15, -0.1) is 0 Å². The molecular weight excluding hydrogens is 536 g/mol. The minimum atomic E-state index is 0. The Morgan fingerprint density at radius 1 is 1.31 bits per heavy atom. The molecule has 0 aliphatic carbocycles. The van der Waals surface area contributed by atoms with Gasteiger partial charge in [-0.2, -0.15) is 0 Å². The predicted octanol–water partition coefficient (Wildman–Crippen LogP) is 1.12. The molecule has 1 aromatic rings. The van der Waals surface area contributed by atoms with Crippen molar-refractivity contribution in [2.45, 2.75) is 38.3 Å². The largest absolute Gasteiger partial charge is 0 e. The summed E-state index contributed by atoms with van der Waals surface area (Å²) in [6.45, 7) is 4.37. The summed E-state index contributed by atoms with van der Waals surface area (Å²) in [5, 5.41) is 1.13. The first-order chi connectivity index (χ1) is 6.20. The Kier molecular flexibility index (Phi) is 17.3. The molecule has 0 fully saturated rings. The second-order valence-corrected chi connectivity index (χ2v) is 4.07. The topological polar surface area (TPSA) is 17.8 Å². The summed E-state index contributed by atoms with van der Waals surface area (Å²) in [5.74, 6) is 0. The summed E-state index contributed by atoms with van der Waals surface area (Å²) >= 11 is 1.72. The first-order valence-electron chi connectivity index (χ1n) is 4.76. The van der Waals surface area contributed by atoms with Crippen molar-refractivity contribution >= 4 is 83.5 Å². The number of imidazole rings is 1. The molecule has 2 nitrogen and oxygen atoms in total. The number of thioether (sulfide) groups is 1. The summed E-state index contributed by atoms with van der Waals surface area (Å²) in [7, 11) is 2.09. The normalized spacial score (nSPS) is 8.75. The van der Waals surface area contributed by atoms with Crippen LogP contribution < -0.4 is 0 Å². The molecule has 0 aromatic carbocycles. The van der Waals surface area contributed by atoms with Crippen LogP contribution in [0.3, 0.4) is 0 Å². The van der Waals surface area contributed by atoms with Gasteiger partial charge < -0.3 is 4.57 Å². The molecule has 0 unspecified atom stereocenters. The first kappa shape index (κ1) is 23.1. The van der Waals surface area contributed by atoms with Gasteiger partial charge >= 0.3 is 47.8 Å². The fourth-order valence-electron chi connectivity index (χ4n) is 1.37. The Morgan fingerprint density at radius 2 is 1.88 bits per heavy atom. The van der Waals surface area contributed by atoms with Crippen LogP contribution in [0.15, 0.2) is 5.16 Å². The minimum absolute atomic E-state index is 0. The molecule has 0 saturated carbocycles. The Bertz CT molecular complexity index is 290. The Hall–Kier alpha value is 1.96. The van der Waals surface area contributed by atoms with Crippen molar-refractivity contribution in [1.82, 2.24) is 9.55 Å². The third-order valence-electron chi connectivity index (χ3n) is 2.39. The molecule has 0 bridgehead atoms. The van der Waals surface area contributed by atoms with Crippen molar-refractivity contribution in [3.05, 3.63) is 11.4 Å². The van der Waals surface area contributed by atoms with Crippen molar-refractivity contribution in [1.29, 1.82) is 0 Å². The summed E-state index contributed by atoms with van der Waals surface area (Å²) < 4.78 is 2.18. The molecule has 0 spiro atoms. The van der Waals surface area contributed by atoms with E-state index < -0.39 is 0 Å². The smallest absolute Gasteiger partial charge is 0 e. The van der Waals surface area contributed by atoms with Crippen LogP contribution in [0.25, 0.3) is 0 Å². The van der Waals surface area contributed by atoms with Crippen LogP contribution in [-0.4, -0.2) is 87.5 Å². The summed E-state index contributed by atoms with van der Waals surface area (Å²) in [6.07, 6.45) is 5.68. The van der Waals surface area contributed by atoms with Crippen LogP contribution in [-0.2, 0) is 13.5 Å². The first-order valence-corrected chi connectivity index (χ1v) is 5.99. The van der Waals surface area contributed by atoms with Crippen molar-refractivity contribution in [3.63, 3.8) is 0 Å². The zero-order valence-electron chi connectivity index (χ0n) is 10.6. The molecule has 0 atom stereocenters. The molecule has 1 aromatic heterocycles. The minimum Gasteiger partial charge on any atom is 0 e. The molecule has 0 N–H and O–H groups in total. The van der Waals surface area contributed by atoms with Gasteiger partial charge in [0.1, 0.15) is 0 Å². The van der Waals surface area contributed by atoms with Crippen LogP contribution in [0.2, 0.25) is 0 Å². The van der Waals surface area contributed by atoms with E-state index in [1.54, 1.807) is 11.8 Å². The van der Waals surface area contributed by atoms with Gasteiger partial charge in [0, 0.05) is 36.6 Å². The molecule has 0 saturated heterocycles. The molecule has 0 aliphatic heterocycles. The average Bonchev–Trinajstić information content (AvgIpc) is 2.41. The van der Waals surface area contributed by atoms with E-state index in [9.17, 15) is 0 Å². The Balaban J connectivity index is -0.000000563. The monoisotopic (exact) mass is 560 g/mol. The van der Waals surface area contributed by atoms with Crippen LogP contribution in [0.5, 0.6) is 0 Å². The molecular formula is C10H20N2SSn3. The van der Waals surface area contributed by atoms with Crippen LogP contribution in [0.1, 0.15) is 31.2 Å². The van der Waals surface area contributed by atoms with Gasteiger partial charge in [-0.25, -0.2) is 4.98 Å². The maximum atomic E-state index is 4.59. The maximum absolute atomic E-state index is 4.59. The van der Waals surface area contributed by atoms with E-state index in [0.717, 1.165) is 11.6 Å². The Morgan fingerprint density at radius 3 is 2.25 bits per heavy atom. The SMILES string of the molecule is CCCCc1nc(SC)n(C)c1C.[SnH].[SnH].[Sn]. The van der Waals surface area contributed by atoms with Gasteiger partial charge in [0.2, 0.25) is 0 Å². The molecule has 6 heteroatoms. The van der Waals surface area contributed by atoms with Crippen molar-refractivity contribution in [2.24, 2.45) is 7.05 Å². The van der Waals surface area contributed by atoms with Gasteiger partial charge in [0.15, 0.2) is 5.16 Å². The van der Waals surface area contributed by atoms with E-state index in [4.69, 9.17) is 0 Å². The predicted molar refractivity (Wildman–Crippen MR) is 78.4 cm³/mol. The molecule has 88 valence electrons. The van der Waals surface area contributed by atoms with Crippen LogP contribution >= 0.6 is 11.8 Å². The van der Waals surface area contributed by atoms with Crippen molar-refractivity contribution < 1.29 is 0 Å². The molecule has 1 heterocycles. The average molecular weight is 556 g/mol. The van der Waals surface area contributed by atoms with E-state index in [1.807, 2.05) is 0 Å². The van der Waals surface area contributed by atoms with Gasteiger partial charge in [0.05, 0.1) is 5.69 Å². The van der Waals surface area contributed by atoms with Crippen molar-refractivity contribution in [2.75, 3.05) is 6.26 Å². The number of hydrogen-bond donors (Lipinski definition) is 0. The van der Waals surface area contributed by atoms with Gasteiger partial charge in [-0.1, -0.05) is 25.1 Å². The number of nitrogens with zero attached hydrogens (tertiary/aromatic N) is 2. The van der Waals surface area contributed by atoms with Crippen LogP contribution in [0.4, 0.5) is 0 Å². The van der Waals surface area contributed by atoms with E-state index in [1.165, 1.54) is 24.2 Å². The standard InChI is InChI=1S/C10H18N2S.3Sn.2H/c1-5-6-7-9-8(2)12(3)10(11-9)13-4;;;;;/h5-7H2,1-4H3;;;;;. The quantitative estimate of drug-likeness (QED) is 0.409. The van der Waals surface area contributed by atoms with Gasteiger partial charge in [-0.05, 0) is 26.0 Å². The third kappa shape index (κ3) is 6.22. The van der Waals surface area contributed by atoms with Crippen LogP contribution in [0, 0.1) is 6.92 Å². The maximum Gasteiger partial charge on any atom is 0 e. The molecule has 16 heavy (non-hydrogen) atoms. The van der Waals surface area contributed by atoms with E-state index >= 15 is 0 Å². The van der Waals surface area contributed by atoms with E-state index in [0.29, 0.717) is 0 Å². The number of unbranched alkanes of at least 4 members (excludes halogenated alkanes) is 1. The molecule has 10 radical (unpaired) electrons. The van der Waals surface area contributed by atoms with E-state index in [-0.39, 0.29) is 71.7 Å². The fourth-order valence-corrected chi connectivity index (χ4v) is 1.98. The molecule has 0 aliphatic rings. The van der Waals surface area contributed by atoms with Gasteiger partial charge in [-0.3, -0.25) is 0 Å². The number of rotatable bonds is 4. The second kappa shape index (κ2) is 12.0. The summed E-state index contributed by atoms with van der Waals surface area (Å²) in [4.78, 5) is 4.59.